The Bertz CT molecular complexity index is 458. The normalized spacial score (nSPS) is 16.2. The average Bonchev–Trinajstić information content (AvgIpc) is 2.25. The van der Waals surface area contributed by atoms with E-state index in [1.54, 1.807) is 12.1 Å². The fourth-order valence-electron chi connectivity index (χ4n) is 1.69. The van der Waals surface area contributed by atoms with Crippen molar-refractivity contribution in [3.8, 4) is 5.75 Å². The molecule has 1 aliphatic rings. The Kier molecular flexibility index (Phi) is 2.46. The Hall–Kier alpha value is -1.77. The molecule has 0 spiro atoms. The van der Waals surface area contributed by atoms with E-state index < -0.39 is 0 Å². The van der Waals surface area contributed by atoms with Crippen LogP contribution < -0.4 is 4.74 Å². The highest BCUT2D eigenvalue weighted by Crippen LogP contribution is 2.33. The van der Waals surface area contributed by atoms with E-state index in [1.165, 1.54) is 7.11 Å². The summed E-state index contributed by atoms with van der Waals surface area (Å²) in [6.45, 7) is 3.94. The second-order valence-corrected chi connectivity index (χ2v) is 4.25. The summed E-state index contributed by atoms with van der Waals surface area (Å²) in [7, 11) is 1.37. The number of hydrogen-bond donors (Lipinski definition) is 0. The van der Waals surface area contributed by atoms with Crippen LogP contribution in [0.3, 0.4) is 0 Å². The Morgan fingerprint density at radius 3 is 2.81 bits per heavy atom. The lowest BCUT2D eigenvalue weighted by molar-refractivity contribution is 0.0598. The number of carbonyl (C=O) groups excluding carboxylic acids is 1. The third kappa shape index (κ3) is 1.81. The molecule has 1 aromatic rings. The van der Waals surface area contributed by atoms with Crippen molar-refractivity contribution < 1.29 is 14.3 Å². The molecule has 3 heteroatoms. The molecule has 3 nitrogen and oxygen atoms in total. The van der Waals surface area contributed by atoms with Crippen LogP contribution in [0, 0.1) is 0 Å². The minimum absolute atomic E-state index is 0.332. The lowest BCUT2D eigenvalue weighted by Gasteiger charge is -2.28. The quantitative estimate of drug-likeness (QED) is 0.680. The number of benzene rings is 1. The minimum atomic E-state index is -0.343. The largest absolute Gasteiger partial charge is 0.483 e. The van der Waals surface area contributed by atoms with Crippen LogP contribution in [0.15, 0.2) is 24.3 Å². The van der Waals surface area contributed by atoms with Crippen molar-refractivity contribution in [2.45, 2.75) is 19.4 Å². The first-order chi connectivity index (χ1) is 7.53. The molecule has 0 N–H and O–H groups in total. The molecule has 0 fully saturated rings. The maximum absolute atomic E-state index is 11.5. The smallest absolute Gasteiger partial charge is 0.338 e. The average molecular weight is 218 g/mol. The van der Waals surface area contributed by atoms with Gasteiger partial charge in [-0.25, -0.2) is 4.79 Å². The number of rotatable bonds is 1. The summed E-state index contributed by atoms with van der Waals surface area (Å²) < 4.78 is 10.5. The molecule has 0 unspecified atom stereocenters. The molecule has 0 atom stereocenters. The third-order valence-electron chi connectivity index (χ3n) is 2.50. The fraction of sp³-hybridized carbons (Fsp3) is 0.308. The predicted octanol–water partition coefficient (Wildman–Crippen LogP) is 2.66. The summed E-state index contributed by atoms with van der Waals surface area (Å²) in [6, 6.07) is 5.38. The Morgan fingerprint density at radius 2 is 2.12 bits per heavy atom. The van der Waals surface area contributed by atoms with E-state index in [4.69, 9.17) is 9.47 Å². The van der Waals surface area contributed by atoms with Gasteiger partial charge in [-0.1, -0.05) is 12.1 Å². The maximum atomic E-state index is 11.5. The van der Waals surface area contributed by atoms with Crippen LogP contribution in [0.25, 0.3) is 6.08 Å². The van der Waals surface area contributed by atoms with Crippen LogP contribution in [-0.2, 0) is 4.74 Å². The van der Waals surface area contributed by atoms with Crippen LogP contribution >= 0.6 is 0 Å². The summed E-state index contributed by atoms with van der Waals surface area (Å²) in [5.41, 5.74) is 0.988. The van der Waals surface area contributed by atoms with Gasteiger partial charge in [0, 0.05) is 5.56 Å². The molecular weight excluding hydrogens is 204 g/mol. The molecule has 1 aromatic carbocycles. The molecule has 0 aliphatic carbocycles. The summed E-state index contributed by atoms with van der Waals surface area (Å²) in [5, 5.41) is 0. The Labute approximate surface area is 94.7 Å². The van der Waals surface area contributed by atoms with Crippen molar-refractivity contribution in [3.63, 3.8) is 0 Å². The second kappa shape index (κ2) is 3.67. The van der Waals surface area contributed by atoms with Crippen molar-refractivity contribution in [3.05, 3.63) is 35.4 Å². The molecule has 16 heavy (non-hydrogen) atoms. The summed E-state index contributed by atoms with van der Waals surface area (Å²) in [6.07, 6.45) is 3.84. The molecule has 2 rings (SSSR count). The topological polar surface area (TPSA) is 35.5 Å². The van der Waals surface area contributed by atoms with Gasteiger partial charge in [-0.05, 0) is 32.1 Å². The molecule has 0 saturated heterocycles. The number of methoxy groups -OCH3 is 1. The second-order valence-electron chi connectivity index (χ2n) is 4.25. The van der Waals surface area contributed by atoms with Crippen LogP contribution in [0.2, 0.25) is 0 Å². The van der Waals surface area contributed by atoms with E-state index in [2.05, 4.69) is 0 Å². The van der Waals surface area contributed by atoms with Crippen LogP contribution in [0.5, 0.6) is 5.75 Å². The fourth-order valence-corrected chi connectivity index (χ4v) is 1.69. The van der Waals surface area contributed by atoms with Gasteiger partial charge in [0.1, 0.15) is 11.4 Å². The van der Waals surface area contributed by atoms with Gasteiger partial charge in [0.25, 0.3) is 0 Å². The molecule has 0 bridgehead atoms. The number of hydrogen-bond acceptors (Lipinski definition) is 3. The Balaban J connectivity index is 2.50. The van der Waals surface area contributed by atoms with Gasteiger partial charge >= 0.3 is 5.97 Å². The van der Waals surface area contributed by atoms with E-state index in [0.717, 1.165) is 11.3 Å². The standard InChI is InChI=1S/C13H14O3/c1-13(2)8-7-9-10(12(14)15-3)5-4-6-11(9)16-13/h4-8H,1-3H3. The monoisotopic (exact) mass is 218 g/mol. The van der Waals surface area contributed by atoms with E-state index >= 15 is 0 Å². The van der Waals surface area contributed by atoms with Crippen LogP contribution in [0.4, 0.5) is 0 Å². The highest BCUT2D eigenvalue weighted by molar-refractivity contribution is 5.95. The van der Waals surface area contributed by atoms with Crippen LogP contribution in [0.1, 0.15) is 29.8 Å². The van der Waals surface area contributed by atoms with Gasteiger partial charge in [-0.2, -0.15) is 0 Å². The zero-order valence-corrected chi connectivity index (χ0v) is 9.61. The van der Waals surface area contributed by atoms with Gasteiger partial charge < -0.3 is 9.47 Å². The molecule has 1 aliphatic heterocycles. The molecule has 1 heterocycles. The minimum Gasteiger partial charge on any atom is -0.483 e. The van der Waals surface area contributed by atoms with Crippen molar-refractivity contribution >= 4 is 12.0 Å². The zero-order chi connectivity index (χ0) is 11.8. The number of carbonyl (C=O) groups is 1. The maximum Gasteiger partial charge on any atom is 0.338 e. The summed E-state index contributed by atoms with van der Waals surface area (Å²) in [5.74, 6) is 0.375. The van der Waals surface area contributed by atoms with E-state index in [9.17, 15) is 4.79 Å². The van der Waals surface area contributed by atoms with Crippen molar-refractivity contribution in [1.29, 1.82) is 0 Å². The predicted molar refractivity (Wildman–Crippen MR) is 61.5 cm³/mol. The van der Waals surface area contributed by atoms with Gasteiger partial charge in [0.15, 0.2) is 0 Å². The molecule has 0 saturated carbocycles. The van der Waals surface area contributed by atoms with Crippen LogP contribution in [-0.4, -0.2) is 18.7 Å². The molecule has 0 aromatic heterocycles. The van der Waals surface area contributed by atoms with Gasteiger partial charge in [-0.3, -0.25) is 0 Å². The summed E-state index contributed by atoms with van der Waals surface area (Å²) in [4.78, 5) is 11.5. The SMILES string of the molecule is COC(=O)c1cccc2c1C=CC(C)(C)O2. The number of esters is 1. The number of ether oxygens (including phenoxy) is 2. The highest BCUT2D eigenvalue weighted by Gasteiger charge is 2.24. The number of fused-ring (bicyclic) bond motifs is 1. The molecule has 0 radical (unpaired) electrons. The zero-order valence-electron chi connectivity index (χ0n) is 9.61. The third-order valence-corrected chi connectivity index (χ3v) is 2.50. The first kappa shape index (κ1) is 10.7. The van der Waals surface area contributed by atoms with Crippen molar-refractivity contribution in [2.75, 3.05) is 7.11 Å². The highest BCUT2D eigenvalue weighted by atomic mass is 16.5. The van der Waals surface area contributed by atoms with Gasteiger partial charge in [0.05, 0.1) is 12.7 Å². The van der Waals surface area contributed by atoms with E-state index in [0.29, 0.717) is 5.56 Å². The molecular formula is C13H14O3. The van der Waals surface area contributed by atoms with Crippen molar-refractivity contribution in [1.82, 2.24) is 0 Å². The lowest BCUT2D eigenvalue weighted by atomic mass is 9.99. The first-order valence-corrected chi connectivity index (χ1v) is 5.13. The van der Waals surface area contributed by atoms with Crippen molar-refractivity contribution in [2.24, 2.45) is 0 Å². The lowest BCUT2D eigenvalue weighted by Crippen LogP contribution is -2.28. The molecule has 84 valence electrons. The summed E-state index contributed by atoms with van der Waals surface area (Å²) >= 11 is 0. The Morgan fingerprint density at radius 1 is 1.38 bits per heavy atom. The van der Waals surface area contributed by atoms with E-state index in [-0.39, 0.29) is 11.6 Å². The van der Waals surface area contributed by atoms with Gasteiger partial charge in [0.2, 0.25) is 0 Å². The van der Waals surface area contributed by atoms with Gasteiger partial charge in [-0.15, -0.1) is 0 Å². The van der Waals surface area contributed by atoms with E-state index in [1.807, 2.05) is 32.1 Å². The molecule has 0 amide bonds. The first-order valence-electron chi connectivity index (χ1n) is 5.13.